The summed E-state index contributed by atoms with van der Waals surface area (Å²) in [4.78, 5) is 11.7. The van der Waals surface area contributed by atoms with Crippen molar-refractivity contribution in [2.24, 2.45) is 0 Å². The molecule has 0 saturated carbocycles. The van der Waals surface area contributed by atoms with Gasteiger partial charge >= 0.3 is 0 Å². The van der Waals surface area contributed by atoms with Crippen LogP contribution in [-0.2, 0) is 0 Å². The van der Waals surface area contributed by atoms with E-state index in [0.717, 1.165) is 11.1 Å². The summed E-state index contributed by atoms with van der Waals surface area (Å²) in [6, 6.07) is 8.75. The Bertz CT molecular complexity index is 769. The molecular formula is C15H11N3O2. The van der Waals surface area contributed by atoms with Crippen molar-refractivity contribution in [2.45, 2.75) is 0 Å². The lowest BCUT2D eigenvalue weighted by molar-refractivity contribution is 0.342. The molecule has 1 aromatic carbocycles. The number of imidazole rings is 1. The molecule has 20 heavy (non-hydrogen) atoms. The fourth-order valence-corrected chi connectivity index (χ4v) is 1.89. The maximum Gasteiger partial charge on any atom is 0.178 e. The fourth-order valence-electron chi connectivity index (χ4n) is 1.89. The van der Waals surface area contributed by atoms with E-state index in [1.54, 1.807) is 24.4 Å². The summed E-state index contributed by atoms with van der Waals surface area (Å²) in [6.45, 7) is 0.113. The Labute approximate surface area is 115 Å². The van der Waals surface area contributed by atoms with Gasteiger partial charge in [-0.1, -0.05) is 5.92 Å². The number of pyridine rings is 1. The van der Waals surface area contributed by atoms with Crippen molar-refractivity contribution in [2.75, 3.05) is 6.61 Å². The van der Waals surface area contributed by atoms with Crippen LogP contribution in [0.5, 0.6) is 11.5 Å². The molecule has 0 unspecified atom stereocenters. The zero-order valence-corrected chi connectivity index (χ0v) is 10.5. The van der Waals surface area contributed by atoms with Gasteiger partial charge in [0.05, 0.1) is 5.52 Å². The van der Waals surface area contributed by atoms with E-state index in [9.17, 15) is 5.11 Å². The Kier molecular flexibility index (Phi) is 2.98. The zero-order chi connectivity index (χ0) is 13.9. The molecule has 0 fully saturated rings. The van der Waals surface area contributed by atoms with Crippen molar-refractivity contribution < 1.29 is 9.84 Å². The van der Waals surface area contributed by atoms with Gasteiger partial charge in [-0.15, -0.1) is 6.42 Å². The van der Waals surface area contributed by atoms with E-state index in [0.29, 0.717) is 17.2 Å². The monoisotopic (exact) mass is 265 g/mol. The number of nitrogens with one attached hydrogen (secondary N) is 1. The van der Waals surface area contributed by atoms with Crippen molar-refractivity contribution in [3.05, 3.63) is 36.5 Å². The van der Waals surface area contributed by atoms with E-state index >= 15 is 0 Å². The molecule has 3 aromatic rings. The van der Waals surface area contributed by atoms with Gasteiger partial charge in [-0.05, 0) is 30.3 Å². The van der Waals surface area contributed by atoms with Gasteiger partial charge in [0.2, 0.25) is 0 Å². The summed E-state index contributed by atoms with van der Waals surface area (Å²) in [7, 11) is 0. The number of nitrogens with zero attached hydrogens (tertiary/aromatic N) is 2. The van der Waals surface area contributed by atoms with Crippen LogP contribution >= 0.6 is 0 Å². The second kappa shape index (κ2) is 4.94. The van der Waals surface area contributed by atoms with Crippen LogP contribution in [0.15, 0.2) is 36.5 Å². The highest BCUT2D eigenvalue weighted by Gasteiger charge is 2.09. The summed E-state index contributed by atoms with van der Waals surface area (Å²) in [5.41, 5.74) is 2.22. The maximum atomic E-state index is 9.90. The number of hydrogen-bond acceptors (Lipinski definition) is 4. The highest BCUT2D eigenvalue weighted by molar-refractivity contribution is 5.76. The molecule has 0 atom stereocenters. The first kappa shape index (κ1) is 12.1. The average molecular weight is 265 g/mol. The van der Waals surface area contributed by atoms with Crippen molar-refractivity contribution in [1.82, 2.24) is 15.0 Å². The molecule has 0 amide bonds. The van der Waals surface area contributed by atoms with E-state index in [2.05, 4.69) is 20.9 Å². The first-order valence-corrected chi connectivity index (χ1v) is 5.98. The van der Waals surface area contributed by atoms with Crippen LogP contribution in [0.4, 0.5) is 0 Å². The third-order valence-corrected chi connectivity index (χ3v) is 2.80. The number of terminal acetylenes is 1. The van der Waals surface area contributed by atoms with Gasteiger partial charge in [0.1, 0.15) is 12.4 Å². The minimum absolute atomic E-state index is 0.0196. The van der Waals surface area contributed by atoms with Crippen molar-refractivity contribution in [3.63, 3.8) is 0 Å². The van der Waals surface area contributed by atoms with Gasteiger partial charge in [-0.25, -0.2) is 9.97 Å². The normalized spacial score (nSPS) is 10.3. The molecule has 0 aliphatic heterocycles. The SMILES string of the molecule is C#CCOc1ccc(-c2nc3ncccc3[nH]2)cc1O. The van der Waals surface area contributed by atoms with Gasteiger partial charge in [0, 0.05) is 11.8 Å². The number of aromatic nitrogens is 3. The van der Waals surface area contributed by atoms with Crippen LogP contribution in [0, 0.1) is 12.3 Å². The number of phenolic OH excluding ortho intramolecular Hbond substituents is 1. The largest absolute Gasteiger partial charge is 0.504 e. The molecule has 2 N–H and O–H groups in total. The lowest BCUT2D eigenvalue weighted by atomic mass is 10.2. The number of benzene rings is 1. The van der Waals surface area contributed by atoms with E-state index in [4.69, 9.17) is 11.2 Å². The lowest BCUT2D eigenvalue weighted by Crippen LogP contribution is -1.93. The molecule has 2 aromatic heterocycles. The van der Waals surface area contributed by atoms with E-state index in [1.807, 2.05) is 12.1 Å². The average Bonchev–Trinajstić information content (AvgIpc) is 2.90. The lowest BCUT2D eigenvalue weighted by Gasteiger charge is -2.06. The molecule has 0 aliphatic carbocycles. The number of aromatic hydroxyl groups is 1. The quantitative estimate of drug-likeness (QED) is 0.713. The first-order chi connectivity index (χ1) is 9.78. The van der Waals surface area contributed by atoms with Crippen LogP contribution in [0.25, 0.3) is 22.6 Å². The summed E-state index contributed by atoms with van der Waals surface area (Å²) in [5.74, 6) is 3.35. The minimum atomic E-state index is 0.0196. The second-order valence-electron chi connectivity index (χ2n) is 4.14. The van der Waals surface area contributed by atoms with Gasteiger partial charge in [-0.2, -0.15) is 0 Å². The molecule has 0 aliphatic rings. The van der Waals surface area contributed by atoms with Crippen molar-refractivity contribution >= 4 is 11.2 Å². The highest BCUT2D eigenvalue weighted by atomic mass is 16.5. The predicted molar refractivity (Wildman–Crippen MR) is 75.3 cm³/mol. The third-order valence-electron chi connectivity index (χ3n) is 2.80. The Morgan fingerprint density at radius 1 is 1.35 bits per heavy atom. The summed E-state index contributed by atoms with van der Waals surface area (Å²) >= 11 is 0. The van der Waals surface area contributed by atoms with Crippen LogP contribution in [0.1, 0.15) is 0 Å². The van der Waals surface area contributed by atoms with Gasteiger partial charge in [-0.3, -0.25) is 0 Å². The smallest absolute Gasteiger partial charge is 0.178 e. The number of rotatable bonds is 3. The number of ether oxygens (including phenoxy) is 1. The molecule has 0 radical (unpaired) electrons. The second-order valence-corrected chi connectivity index (χ2v) is 4.14. The molecule has 2 heterocycles. The Morgan fingerprint density at radius 3 is 3.00 bits per heavy atom. The number of aromatic amines is 1. The Hall–Kier alpha value is -3.00. The molecule has 0 spiro atoms. The summed E-state index contributed by atoms with van der Waals surface area (Å²) in [5, 5.41) is 9.90. The van der Waals surface area contributed by atoms with Crippen LogP contribution < -0.4 is 4.74 Å². The molecule has 0 bridgehead atoms. The number of H-pyrrole nitrogens is 1. The Morgan fingerprint density at radius 2 is 2.25 bits per heavy atom. The molecule has 5 heteroatoms. The Balaban J connectivity index is 1.98. The zero-order valence-electron chi connectivity index (χ0n) is 10.5. The molecule has 5 nitrogen and oxygen atoms in total. The molecule has 98 valence electrons. The summed E-state index contributed by atoms with van der Waals surface area (Å²) < 4.78 is 5.21. The van der Waals surface area contributed by atoms with E-state index in [-0.39, 0.29) is 12.4 Å². The molecule has 0 saturated heterocycles. The van der Waals surface area contributed by atoms with Crippen molar-refractivity contribution in [1.29, 1.82) is 0 Å². The van der Waals surface area contributed by atoms with Crippen LogP contribution in [0.3, 0.4) is 0 Å². The molecular weight excluding hydrogens is 254 g/mol. The van der Waals surface area contributed by atoms with Gasteiger partial charge in [0.25, 0.3) is 0 Å². The van der Waals surface area contributed by atoms with Gasteiger partial charge in [0.15, 0.2) is 17.1 Å². The van der Waals surface area contributed by atoms with E-state index in [1.165, 1.54) is 0 Å². The summed E-state index contributed by atoms with van der Waals surface area (Å²) in [6.07, 6.45) is 6.79. The van der Waals surface area contributed by atoms with Gasteiger partial charge < -0.3 is 14.8 Å². The number of hydrogen-bond donors (Lipinski definition) is 2. The maximum absolute atomic E-state index is 9.90. The van der Waals surface area contributed by atoms with Crippen LogP contribution in [0.2, 0.25) is 0 Å². The minimum Gasteiger partial charge on any atom is -0.504 e. The number of phenols is 1. The van der Waals surface area contributed by atoms with Crippen molar-refractivity contribution in [3.8, 4) is 35.2 Å². The van der Waals surface area contributed by atoms with E-state index < -0.39 is 0 Å². The van der Waals surface area contributed by atoms with Crippen LogP contribution in [-0.4, -0.2) is 26.7 Å². The topological polar surface area (TPSA) is 71.0 Å². The predicted octanol–water partition coefficient (Wildman–Crippen LogP) is 2.34. The highest BCUT2D eigenvalue weighted by Crippen LogP contribution is 2.31. The fraction of sp³-hybridized carbons (Fsp3) is 0.0667. The molecule has 3 rings (SSSR count). The third kappa shape index (κ3) is 2.15. The first-order valence-electron chi connectivity index (χ1n) is 5.98. The number of fused-ring (bicyclic) bond motifs is 1. The standard InChI is InChI=1S/C15H11N3O2/c1-2-8-20-13-6-5-10(9-12(13)19)14-17-11-4-3-7-16-15(11)18-14/h1,3-7,9,19H,8H2,(H,16,17,18).